The minimum absolute atomic E-state index is 0.0256. The van der Waals surface area contributed by atoms with Crippen LogP contribution in [0.5, 0.6) is 0 Å². The van der Waals surface area contributed by atoms with Gasteiger partial charge in [0, 0.05) is 24.1 Å². The molecule has 1 aromatic heterocycles. The first-order chi connectivity index (χ1) is 13.8. The molecule has 0 saturated carbocycles. The molecule has 5 N–H and O–H groups in total. The average molecular weight is 415 g/mol. The molecule has 0 bridgehead atoms. The molecule has 0 unspecified atom stereocenters. The van der Waals surface area contributed by atoms with Crippen molar-refractivity contribution in [2.45, 2.75) is 6.54 Å². The fourth-order valence-electron chi connectivity index (χ4n) is 2.83. The number of nitrogen functional groups attached to an aromatic ring is 1. The van der Waals surface area contributed by atoms with Crippen molar-refractivity contribution in [2.24, 2.45) is 0 Å². The Labute approximate surface area is 171 Å². The first-order valence-electron chi connectivity index (χ1n) is 8.59. The SMILES string of the molecule is Nc1cc(CNC2=C(C(=S)Nc3ccc(F)cc3)C(=O)CN(C(=O)O)C2)ccn1. The van der Waals surface area contributed by atoms with Gasteiger partial charge in [0.1, 0.15) is 16.6 Å². The normalized spacial score (nSPS) is 14.0. The Kier molecular flexibility index (Phi) is 6.03. The monoisotopic (exact) mass is 415 g/mol. The van der Waals surface area contributed by atoms with Gasteiger partial charge < -0.3 is 21.5 Å². The van der Waals surface area contributed by atoms with Crippen LogP contribution in [-0.2, 0) is 11.3 Å². The van der Waals surface area contributed by atoms with E-state index in [-0.39, 0.29) is 23.7 Å². The molecule has 150 valence electrons. The molecule has 29 heavy (non-hydrogen) atoms. The number of hydrogen-bond donors (Lipinski definition) is 4. The van der Waals surface area contributed by atoms with E-state index >= 15 is 0 Å². The lowest BCUT2D eigenvalue weighted by Gasteiger charge is -2.29. The smallest absolute Gasteiger partial charge is 0.408 e. The summed E-state index contributed by atoms with van der Waals surface area (Å²) in [6.07, 6.45) is 0.347. The molecule has 0 fully saturated rings. The van der Waals surface area contributed by atoms with E-state index in [2.05, 4.69) is 15.6 Å². The van der Waals surface area contributed by atoms with Crippen molar-refractivity contribution in [3.8, 4) is 0 Å². The van der Waals surface area contributed by atoms with E-state index < -0.39 is 17.7 Å². The highest BCUT2D eigenvalue weighted by Crippen LogP contribution is 2.19. The van der Waals surface area contributed by atoms with Crippen LogP contribution >= 0.6 is 12.2 Å². The standard InChI is InChI=1S/C19H18FN5O3S/c20-12-1-3-13(4-2-12)24-18(29)17-14(9-25(19(27)28)10-15(17)26)23-8-11-5-6-22-16(21)7-11/h1-7,23H,8-10H2,(H2,21,22)(H,24,29)(H,27,28). The van der Waals surface area contributed by atoms with Gasteiger partial charge in [-0.1, -0.05) is 12.2 Å². The topological polar surface area (TPSA) is 121 Å². The van der Waals surface area contributed by atoms with Gasteiger partial charge in [-0.3, -0.25) is 9.69 Å². The predicted octanol–water partition coefficient (Wildman–Crippen LogP) is 2.15. The lowest BCUT2D eigenvalue weighted by atomic mass is 10.0. The van der Waals surface area contributed by atoms with E-state index in [1.54, 1.807) is 18.3 Å². The Morgan fingerprint density at radius 2 is 2.00 bits per heavy atom. The quantitative estimate of drug-likeness (QED) is 0.548. The van der Waals surface area contributed by atoms with Gasteiger partial charge in [0.2, 0.25) is 0 Å². The molecule has 2 aromatic rings. The molecule has 1 aliphatic heterocycles. The van der Waals surface area contributed by atoms with Crippen LogP contribution in [0.3, 0.4) is 0 Å². The van der Waals surface area contributed by atoms with Gasteiger partial charge in [0.15, 0.2) is 5.78 Å². The number of pyridine rings is 1. The molecule has 1 amide bonds. The van der Waals surface area contributed by atoms with E-state index in [4.69, 9.17) is 18.0 Å². The van der Waals surface area contributed by atoms with E-state index in [0.717, 1.165) is 10.5 Å². The number of anilines is 2. The Bertz CT molecular complexity index is 994. The number of aromatic nitrogens is 1. The molecular weight excluding hydrogens is 397 g/mol. The van der Waals surface area contributed by atoms with Crippen molar-refractivity contribution in [1.29, 1.82) is 0 Å². The maximum Gasteiger partial charge on any atom is 0.408 e. The predicted molar refractivity (Wildman–Crippen MR) is 110 cm³/mol. The van der Waals surface area contributed by atoms with Crippen molar-refractivity contribution in [1.82, 2.24) is 15.2 Å². The van der Waals surface area contributed by atoms with Crippen LogP contribution in [0, 0.1) is 5.82 Å². The number of carbonyl (C=O) groups is 2. The number of rotatable bonds is 5. The van der Waals surface area contributed by atoms with Crippen molar-refractivity contribution < 1.29 is 19.1 Å². The Balaban J connectivity index is 1.86. The summed E-state index contributed by atoms with van der Waals surface area (Å²) in [4.78, 5) is 29.1. The van der Waals surface area contributed by atoms with Gasteiger partial charge >= 0.3 is 6.09 Å². The Morgan fingerprint density at radius 1 is 1.28 bits per heavy atom. The maximum atomic E-state index is 13.1. The number of ketones is 1. The summed E-state index contributed by atoms with van der Waals surface area (Å²) in [5.74, 6) is -0.487. The summed E-state index contributed by atoms with van der Waals surface area (Å²) in [6.45, 7) is -0.0308. The summed E-state index contributed by atoms with van der Waals surface area (Å²) < 4.78 is 13.1. The van der Waals surface area contributed by atoms with E-state index in [0.29, 0.717) is 23.7 Å². The Morgan fingerprint density at radius 3 is 2.66 bits per heavy atom. The van der Waals surface area contributed by atoms with Crippen molar-refractivity contribution in [3.05, 3.63) is 65.2 Å². The van der Waals surface area contributed by atoms with Crippen LogP contribution < -0.4 is 16.4 Å². The molecule has 1 aromatic carbocycles. The molecule has 0 radical (unpaired) electrons. The summed E-state index contributed by atoms with van der Waals surface area (Å²) in [6, 6.07) is 8.93. The third-order valence-electron chi connectivity index (χ3n) is 4.22. The lowest BCUT2D eigenvalue weighted by molar-refractivity contribution is -0.116. The number of halogens is 1. The van der Waals surface area contributed by atoms with E-state index in [1.165, 1.54) is 24.3 Å². The molecular formula is C19H18FN5O3S. The second-order valence-corrected chi connectivity index (χ2v) is 6.73. The molecule has 8 nitrogen and oxygen atoms in total. The number of carboxylic acid groups (broad SMARTS) is 1. The van der Waals surface area contributed by atoms with E-state index in [1.807, 2.05) is 0 Å². The molecule has 1 aliphatic rings. The third kappa shape index (κ3) is 5.05. The highest BCUT2D eigenvalue weighted by molar-refractivity contribution is 7.81. The van der Waals surface area contributed by atoms with Gasteiger partial charge in [-0.05, 0) is 42.0 Å². The zero-order chi connectivity index (χ0) is 21.0. The van der Waals surface area contributed by atoms with Crippen LogP contribution in [0.4, 0.5) is 20.7 Å². The number of amides is 1. The summed E-state index contributed by atoms with van der Waals surface area (Å²) in [5, 5.41) is 15.3. The van der Waals surface area contributed by atoms with Crippen molar-refractivity contribution >= 4 is 40.6 Å². The minimum atomic E-state index is -1.21. The van der Waals surface area contributed by atoms with Crippen LogP contribution in [0.2, 0.25) is 0 Å². The molecule has 0 atom stereocenters. The zero-order valence-corrected chi connectivity index (χ0v) is 16.0. The largest absolute Gasteiger partial charge is 0.465 e. The summed E-state index contributed by atoms with van der Waals surface area (Å²) >= 11 is 5.38. The number of benzene rings is 1. The van der Waals surface area contributed by atoms with Crippen molar-refractivity contribution in [2.75, 3.05) is 24.1 Å². The molecule has 3 rings (SSSR count). The van der Waals surface area contributed by atoms with Gasteiger partial charge in [-0.25, -0.2) is 14.2 Å². The lowest BCUT2D eigenvalue weighted by Crippen LogP contribution is -2.45. The van der Waals surface area contributed by atoms with Crippen LogP contribution in [0.15, 0.2) is 53.9 Å². The molecule has 0 saturated heterocycles. The van der Waals surface area contributed by atoms with E-state index in [9.17, 15) is 19.1 Å². The number of nitrogens with one attached hydrogen (secondary N) is 2. The summed E-state index contributed by atoms with van der Waals surface area (Å²) in [7, 11) is 0. The minimum Gasteiger partial charge on any atom is -0.465 e. The van der Waals surface area contributed by atoms with Crippen LogP contribution in [0.1, 0.15) is 5.56 Å². The number of carbonyl (C=O) groups excluding carboxylic acids is 1. The van der Waals surface area contributed by atoms with Gasteiger partial charge in [0.05, 0.1) is 18.7 Å². The number of Topliss-reactive ketones (excluding diaryl/α,β-unsaturated/α-hetero) is 1. The van der Waals surface area contributed by atoms with Gasteiger partial charge in [-0.2, -0.15) is 0 Å². The van der Waals surface area contributed by atoms with Crippen LogP contribution in [0.25, 0.3) is 0 Å². The molecule has 0 spiro atoms. The molecule has 0 aliphatic carbocycles. The van der Waals surface area contributed by atoms with Gasteiger partial charge in [0.25, 0.3) is 0 Å². The first-order valence-corrected chi connectivity index (χ1v) is 8.99. The van der Waals surface area contributed by atoms with Crippen LogP contribution in [-0.4, -0.2) is 44.9 Å². The average Bonchev–Trinajstić information content (AvgIpc) is 2.67. The highest BCUT2D eigenvalue weighted by Gasteiger charge is 2.31. The fourth-order valence-corrected chi connectivity index (χ4v) is 3.18. The van der Waals surface area contributed by atoms with Crippen molar-refractivity contribution in [3.63, 3.8) is 0 Å². The molecule has 10 heteroatoms. The zero-order valence-electron chi connectivity index (χ0n) is 15.2. The number of thiocarbonyl (C=S) groups is 1. The molecule has 2 heterocycles. The third-order valence-corrected chi connectivity index (χ3v) is 4.52. The Hall–Kier alpha value is -3.53. The number of nitrogens with zero attached hydrogens (tertiary/aromatic N) is 2. The first kappa shape index (κ1) is 20.2. The second-order valence-electron chi connectivity index (χ2n) is 6.32. The number of nitrogens with two attached hydrogens (primary N) is 1. The number of hydrogen-bond acceptors (Lipinski definition) is 6. The second kappa shape index (κ2) is 8.65. The van der Waals surface area contributed by atoms with Gasteiger partial charge in [-0.15, -0.1) is 0 Å². The fraction of sp³-hybridized carbons (Fsp3) is 0.158. The highest BCUT2D eigenvalue weighted by atomic mass is 32.1. The summed E-state index contributed by atoms with van der Waals surface area (Å²) in [5.41, 5.74) is 7.57. The maximum absolute atomic E-state index is 13.1.